The van der Waals surface area contributed by atoms with E-state index in [1.165, 1.54) is 0 Å². The van der Waals surface area contributed by atoms with E-state index in [1.54, 1.807) is 4.90 Å². The van der Waals surface area contributed by atoms with Crippen LogP contribution < -0.4 is 5.32 Å². The van der Waals surface area contributed by atoms with Crippen LogP contribution in [-0.4, -0.2) is 55.2 Å². The van der Waals surface area contributed by atoms with E-state index in [2.05, 4.69) is 39.2 Å². The van der Waals surface area contributed by atoms with Crippen molar-refractivity contribution in [1.82, 2.24) is 10.2 Å². The van der Waals surface area contributed by atoms with E-state index in [-0.39, 0.29) is 17.2 Å². The molecule has 1 heterocycles. The second-order valence-corrected chi connectivity index (χ2v) is 13.6. The summed E-state index contributed by atoms with van der Waals surface area (Å²) in [5.74, 6) is 0. The second kappa shape index (κ2) is 6.49. The number of hydrogen-bond acceptors (Lipinski definition) is 3. The maximum atomic E-state index is 11.8. The molecule has 1 aliphatic heterocycles. The van der Waals surface area contributed by atoms with Crippen LogP contribution in [0.25, 0.3) is 0 Å². The van der Waals surface area contributed by atoms with Crippen molar-refractivity contribution in [2.24, 2.45) is 0 Å². The SMILES string of the molecule is CC(C)(C)N(C(=O)O)[C@@H]1CNCC[C@H]1O[Si](C)(C)C(C)(C)C. The summed E-state index contributed by atoms with van der Waals surface area (Å²) in [7, 11) is -1.92. The quantitative estimate of drug-likeness (QED) is 0.777. The third kappa shape index (κ3) is 4.46. The summed E-state index contributed by atoms with van der Waals surface area (Å²) < 4.78 is 6.58. The van der Waals surface area contributed by atoms with Crippen LogP contribution in [0.2, 0.25) is 18.1 Å². The fourth-order valence-corrected chi connectivity index (χ4v) is 4.08. The Morgan fingerprint density at radius 1 is 1.23 bits per heavy atom. The molecular formula is C16H34N2O3Si. The Kier molecular flexibility index (Phi) is 5.74. The van der Waals surface area contributed by atoms with Gasteiger partial charge in [0, 0.05) is 12.1 Å². The number of amides is 1. The summed E-state index contributed by atoms with van der Waals surface area (Å²) in [6.07, 6.45) is -0.0423. The summed E-state index contributed by atoms with van der Waals surface area (Å²) in [4.78, 5) is 13.4. The fourth-order valence-electron chi connectivity index (χ4n) is 2.69. The number of carbonyl (C=O) groups is 1. The minimum Gasteiger partial charge on any atom is -0.465 e. The first kappa shape index (κ1) is 19.5. The van der Waals surface area contributed by atoms with Crippen molar-refractivity contribution >= 4 is 14.4 Å². The van der Waals surface area contributed by atoms with Crippen LogP contribution in [0.1, 0.15) is 48.0 Å². The highest BCUT2D eigenvalue weighted by atomic mass is 28.4. The van der Waals surface area contributed by atoms with Crippen molar-refractivity contribution in [1.29, 1.82) is 0 Å². The van der Waals surface area contributed by atoms with Crippen molar-refractivity contribution in [3.63, 3.8) is 0 Å². The Labute approximate surface area is 136 Å². The molecule has 0 spiro atoms. The summed E-state index contributed by atoms with van der Waals surface area (Å²) in [5, 5.41) is 13.1. The normalized spacial score (nSPS) is 24.2. The molecule has 130 valence electrons. The molecule has 5 nitrogen and oxygen atoms in total. The van der Waals surface area contributed by atoms with Gasteiger partial charge in [-0.2, -0.15) is 0 Å². The lowest BCUT2D eigenvalue weighted by Crippen LogP contribution is -2.63. The van der Waals surface area contributed by atoms with Gasteiger partial charge in [0.2, 0.25) is 0 Å². The van der Waals surface area contributed by atoms with Crippen molar-refractivity contribution in [3.8, 4) is 0 Å². The summed E-state index contributed by atoms with van der Waals surface area (Å²) in [5.41, 5.74) is -0.440. The molecular weight excluding hydrogens is 296 g/mol. The first-order valence-electron chi connectivity index (χ1n) is 8.18. The standard InChI is InChI=1S/C16H34N2O3Si/c1-15(2,3)18(14(19)20)12-11-17-10-9-13(12)21-22(7,8)16(4,5)6/h12-13,17H,9-11H2,1-8H3,(H,19,20)/t12-,13-/m1/s1. The van der Waals surface area contributed by atoms with Crippen molar-refractivity contribution in [2.75, 3.05) is 13.1 Å². The average molecular weight is 331 g/mol. The average Bonchev–Trinajstić information content (AvgIpc) is 2.27. The van der Waals surface area contributed by atoms with Gasteiger partial charge in [0.05, 0.1) is 12.1 Å². The highest BCUT2D eigenvalue weighted by Crippen LogP contribution is 2.39. The predicted molar refractivity (Wildman–Crippen MR) is 93.0 cm³/mol. The zero-order valence-electron chi connectivity index (χ0n) is 15.5. The molecule has 2 N–H and O–H groups in total. The molecule has 0 aliphatic carbocycles. The van der Waals surface area contributed by atoms with E-state index in [1.807, 2.05) is 20.8 Å². The van der Waals surface area contributed by atoms with E-state index in [9.17, 15) is 9.90 Å². The van der Waals surface area contributed by atoms with E-state index < -0.39 is 19.9 Å². The largest absolute Gasteiger partial charge is 0.465 e. The number of nitrogens with zero attached hydrogens (tertiary/aromatic N) is 1. The summed E-state index contributed by atoms with van der Waals surface area (Å²) >= 11 is 0. The number of carboxylic acid groups (broad SMARTS) is 1. The molecule has 6 heteroatoms. The maximum Gasteiger partial charge on any atom is 0.408 e. The molecule has 0 aromatic rings. The Hall–Kier alpha value is -0.593. The van der Waals surface area contributed by atoms with E-state index in [0.29, 0.717) is 6.54 Å². The fraction of sp³-hybridized carbons (Fsp3) is 0.938. The Morgan fingerprint density at radius 2 is 1.77 bits per heavy atom. The molecule has 0 aromatic carbocycles. The first-order chi connectivity index (χ1) is 9.77. The minimum atomic E-state index is -1.92. The lowest BCUT2D eigenvalue weighted by atomic mass is 9.96. The molecule has 0 saturated carbocycles. The zero-order chi connectivity index (χ0) is 17.3. The number of hydrogen-bond donors (Lipinski definition) is 2. The third-order valence-electron chi connectivity index (χ3n) is 4.90. The van der Waals surface area contributed by atoms with Gasteiger partial charge in [-0.1, -0.05) is 20.8 Å². The molecule has 1 fully saturated rings. The monoisotopic (exact) mass is 330 g/mol. The van der Waals surface area contributed by atoms with Crippen molar-refractivity contribution < 1.29 is 14.3 Å². The number of nitrogens with one attached hydrogen (secondary N) is 1. The Morgan fingerprint density at radius 3 is 2.18 bits per heavy atom. The van der Waals surface area contributed by atoms with Crippen LogP contribution in [0.3, 0.4) is 0 Å². The van der Waals surface area contributed by atoms with E-state index >= 15 is 0 Å². The molecule has 1 rings (SSSR count). The van der Waals surface area contributed by atoms with Gasteiger partial charge < -0.3 is 14.8 Å². The van der Waals surface area contributed by atoms with Crippen LogP contribution in [0, 0.1) is 0 Å². The lowest BCUT2D eigenvalue weighted by Gasteiger charge is -2.48. The molecule has 0 unspecified atom stereocenters. The van der Waals surface area contributed by atoms with E-state index in [0.717, 1.165) is 13.0 Å². The molecule has 0 radical (unpaired) electrons. The summed E-state index contributed by atoms with van der Waals surface area (Å²) in [6.45, 7) is 18.5. The molecule has 0 bridgehead atoms. The van der Waals surface area contributed by atoms with Gasteiger partial charge in [0.25, 0.3) is 0 Å². The summed E-state index contributed by atoms with van der Waals surface area (Å²) in [6, 6.07) is -0.139. The molecule has 1 amide bonds. The minimum absolute atomic E-state index is 0.0301. The molecule has 2 atom stereocenters. The van der Waals surface area contributed by atoms with Gasteiger partial charge in [-0.3, -0.25) is 4.90 Å². The van der Waals surface area contributed by atoms with Gasteiger partial charge in [-0.25, -0.2) is 4.79 Å². The van der Waals surface area contributed by atoms with Crippen molar-refractivity contribution in [2.45, 2.75) is 83.8 Å². The van der Waals surface area contributed by atoms with Crippen LogP contribution >= 0.6 is 0 Å². The van der Waals surface area contributed by atoms with Crippen LogP contribution in [-0.2, 0) is 4.43 Å². The highest BCUT2D eigenvalue weighted by Gasteiger charge is 2.45. The van der Waals surface area contributed by atoms with Crippen LogP contribution in [0.4, 0.5) is 4.79 Å². The lowest BCUT2D eigenvalue weighted by molar-refractivity contribution is -0.000420. The van der Waals surface area contributed by atoms with Crippen LogP contribution in [0.5, 0.6) is 0 Å². The van der Waals surface area contributed by atoms with Gasteiger partial charge in [0.15, 0.2) is 8.32 Å². The van der Waals surface area contributed by atoms with Gasteiger partial charge in [-0.15, -0.1) is 0 Å². The number of rotatable bonds is 3. The first-order valence-corrected chi connectivity index (χ1v) is 11.1. The number of piperidine rings is 1. The molecule has 22 heavy (non-hydrogen) atoms. The smallest absolute Gasteiger partial charge is 0.408 e. The van der Waals surface area contributed by atoms with Gasteiger partial charge in [-0.05, 0) is 51.9 Å². The maximum absolute atomic E-state index is 11.8. The molecule has 0 aromatic heterocycles. The third-order valence-corrected chi connectivity index (χ3v) is 9.41. The second-order valence-electron chi connectivity index (χ2n) is 8.80. The van der Waals surface area contributed by atoms with Crippen molar-refractivity contribution in [3.05, 3.63) is 0 Å². The predicted octanol–water partition coefficient (Wildman–Crippen LogP) is 3.52. The topological polar surface area (TPSA) is 61.8 Å². The molecule has 1 aliphatic rings. The van der Waals surface area contributed by atoms with Gasteiger partial charge >= 0.3 is 6.09 Å². The Balaban J connectivity index is 3.03. The van der Waals surface area contributed by atoms with Gasteiger partial charge in [0.1, 0.15) is 0 Å². The van der Waals surface area contributed by atoms with Crippen LogP contribution in [0.15, 0.2) is 0 Å². The highest BCUT2D eigenvalue weighted by molar-refractivity contribution is 6.74. The zero-order valence-corrected chi connectivity index (χ0v) is 16.5. The Bertz CT molecular complexity index is 399. The molecule has 1 saturated heterocycles. The van der Waals surface area contributed by atoms with E-state index in [4.69, 9.17) is 4.43 Å².